The van der Waals surface area contributed by atoms with E-state index in [4.69, 9.17) is 0 Å². The third-order valence-corrected chi connectivity index (χ3v) is 2.67. The second-order valence-corrected chi connectivity index (χ2v) is 3.51. The quantitative estimate of drug-likeness (QED) is 0.613. The van der Waals surface area contributed by atoms with Crippen molar-refractivity contribution < 1.29 is 9.90 Å². The van der Waals surface area contributed by atoms with Crippen molar-refractivity contribution in [3.8, 4) is 0 Å². The molecule has 64 valence electrons. The average molecular weight is 156 g/mol. The lowest BCUT2D eigenvalue weighted by atomic mass is 9.79. The molecule has 1 fully saturated rings. The molecule has 0 amide bonds. The van der Waals surface area contributed by atoms with Crippen LogP contribution in [0, 0.1) is 11.8 Å². The van der Waals surface area contributed by atoms with Crippen LogP contribution in [0.4, 0.5) is 0 Å². The molecule has 0 spiro atoms. The van der Waals surface area contributed by atoms with Crippen molar-refractivity contribution in [1.82, 2.24) is 0 Å². The third-order valence-electron chi connectivity index (χ3n) is 2.67. The van der Waals surface area contributed by atoms with Crippen LogP contribution in [-0.4, -0.2) is 17.5 Å². The summed E-state index contributed by atoms with van der Waals surface area (Å²) in [6, 6.07) is 0. The highest BCUT2D eigenvalue weighted by atomic mass is 16.3. The zero-order chi connectivity index (χ0) is 8.27. The lowest BCUT2D eigenvalue weighted by molar-refractivity contribution is -0.114. The highest BCUT2D eigenvalue weighted by molar-refractivity contribution is 5.53. The maximum atomic E-state index is 10.4. The molecule has 0 radical (unpaired) electrons. The molecule has 0 bridgehead atoms. The number of carbonyl (C=O) groups is 1. The molecule has 1 aliphatic carbocycles. The minimum absolute atomic E-state index is 0.0327. The highest BCUT2D eigenvalue weighted by Crippen LogP contribution is 2.29. The minimum Gasteiger partial charge on any atom is -0.393 e. The Morgan fingerprint density at radius 1 is 1.45 bits per heavy atom. The Bertz CT molecular complexity index is 134. The summed E-state index contributed by atoms with van der Waals surface area (Å²) in [6.45, 7) is 1.90. The van der Waals surface area contributed by atoms with E-state index in [1.165, 1.54) is 6.42 Å². The van der Waals surface area contributed by atoms with E-state index >= 15 is 0 Å². The topological polar surface area (TPSA) is 37.3 Å². The van der Waals surface area contributed by atoms with Gasteiger partial charge in [-0.15, -0.1) is 0 Å². The summed E-state index contributed by atoms with van der Waals surface area (Å²) in [6.07, 6.45) is 4.90. The molecule has 0 heterocycles. The van der Waals surface area contributed by atoms with Crippen LogP contribution in [0.5, 0.6) is 0 Å². The Labute approximate surface area is 67.6 Å². The van der Waals surface area contributed by atoms with Gasteiger partial charge in [-0.2, -0.15) is 0 Å². The predicted molar refractivity (Wildman–Crippen MR) is 43.2 cm³/mol. The summed E-state index contributed by atoms with van der Waals surface area (Å²) >= 11 is 0. The fourth-order valence-electron chi connectivity index (χ4n) is 1.85. The highest BCUT2D eigenvalue weighted by Gasteiger charge is 2.27. The second kappa shape index (κ2) is 3.86. The number of carbonyl (C=O) groups excluding carboxylic acids is 1. The van der Waals surface area contributed by atoms with Crippen LogP contribution in [0.2, 0.25) is 0 Å². The fourth-order valence-corrected chi connectivity index (χ4v) is 1.85. The van der Waals surface area contributed by atoms with Gasteiger partial charge in [0.25, 0.3) is 0 Å². The van der Waals surface area contributed by atoms with Gasteiger partial charge in [0.15, 0.2) is 0 Å². The first-order valence-corrected chi connectivity index (χ1v) is 4.39. The lowest BCUT2D eigenvalue weighted by Gasteiger charge is -2.29. The summed E-state index contributed by atoms with van der Waals surface area (Å²) in [4.78, 5) is 10.4. The largest absolute Gasteiger partial charge is 0.393 e. The van der Waals surface area contributed by atoms with Crippen LogP contribution in [0.3, 0.4) is 0 Å². The summed E-state index contributed by atoms with van der Waals surface area (Å²) in [7, 11) is 0. The second-order valence-electron chi connectivity index (χ2n) is 3.51. The van der Waals surface area contributed by atoms with Gasteiger partial charge in [0.05, 0.1) is 6.10 Å². The van der Waals surface area contributed by atoms with Gasteiger partial charge in [-0.1, -0.05) is 19.8 Å². The molecule has 1 saturated carbocycles. The van der Waals surface area contributed by atoms with Crippen molar-refractivity contribution in [2.24, 2.45) is 11.8 Å². The zero-order valence-corrected chi connectivity index (χ0v) is 6.99. The number of hydrogen-bond acceptors (Lipinski definition) is 2. The number of aliphatic hydroxyl groups excluding tert-OH is 1. The Balaban J connectivity index is 2.46. The molecule has 0 aromatic heterocycles. The molecule has 3 unspecified atom stereocenters. The third kappa shape index (κ3) is 2.03. The lowest BCUT2D eigenvalue weighted by Crippen LogP contribution is -2.30. The first-order valence-electron chi connectivity index (χ1n) is 4.39. The van der Waals surface area contributed by atoms with Crippen molar-refractivity contribution in [2.45, 2.75) is 38.7 Å². The number of aliphatic hydroxyl groups is 1. The molecule has 2 nitrogen and oxygen atoms in total. The maximum Gasteiger partial charge on any atom is 0.123 e. The van der Waals surface area contributed by atoms with Crippen LogP contribution < -0.4 is 0 Å². The van der Waals surface area contributed by atoms with Crippen LogP contribution in [0.25, 0.3) is 0 Å². The van der Waals surface area contributed by atoms with E-state index < -0.39 is 0 Å². The first-order chi connectivity index (χ1) is 5.25. The Morgan fingerprint density at radius 2 is 2.09 bits per heavy atom. The molecule has 1 rings (SSSR count). The molecule has 2 heteroatoms. The summed E-state index contributed by atoms with van der Waals surface area (Å²) in [5, 5.41) is 9.51. The van der Waals surface area contributed by atoms with Crippen LogP contribution in [0.1, 0.15) is 32.6 Å². The fraction of sp³-hybridized carbons (Fsp3) is 0.889. The maximum absolute atomic E-state index is 10.4. The van der Waals surface area contributed by atoms with E-state index in [1.807, 2.05) is 6.92 Å². The monoisotopic (exact) mass is 156 g/mol. The van der Waals surface area contributed by atoms with Crippen molar-refractivity contribution in [3.05, 3.63) is 0 Å². The molecule has 11 heavy (non-hydrogen) atoms. The van der Waals surface area contributed by atoms with E-state index in [9.17, 15) is 9.90 Å². The molecule has 3 atom stereocenters. The molecule has 0 aromatic rings. The Kier molecular flexibility index (Phi) is 3.06. The number of rotatable bonds is 2. The predicted octanol–water partition coefficient (Wildman–Crippen LogP) is 1.37. The molecule has 0 aliphatic heterocycles. The summed E-state index contributed by atoms with van der Waals surface area (Å²) < 4.78 is 0. The van der Waals surface area contributed by atoms with Gasteiger partial charge >= 0.3 is 0 Å². The molecule has 1 aliphatic rings. The molecular weight excluding hydrogens is 140 g/mol. The molecule has 1 N–H and O–H groups in total. The van der Waals surface area contributed by atoms with Gasteiger partial charge in [-0.25, -0.2) is 0 Å². The zero-order valence-electron chi connectivity index (χ0n) is 6.99. The van der Waals surface area contributed by atoms with E-state index in [1.54, 1.807) is 0 Å². The standard InChI is InChI=1S/C9H16O2/c1-7(6-10)8-4-2-3-5-9(8)11/h6-9,11H,2-5H2,1H3. The van der Waals surface area contributed by atoms with Crippen molar-refractivity contribution in [2.75, 3.05) is 0 Å². The molecule has 0 saturated heterocycles. The van der Waals surface area contributed by atoms with Gasteiger partial charge in [-0.3, -0.25) is 0 Å². The molecular formula is C9H16O2. The van der Waals surface area contributed by atoms with Gasteiger partial charge in [0.2, 0.25) is 0 Å². The Morgan fingerprint density at radius 3 is 2.64 bits per heavy atom. The minimum atomic E-state index is -0.232. The van der Waals surface area contributed by atoms with Gasteiger partial charge in [-0.05, 0) is 18.8 Å². The van der Waals surface area contributed by atoms with Gasteiger partial charge in [0, 0.05) is 5.92 Å². The number of hydrogen-bond donors (Lipinski definition) is 1. The van der Waals surface area contributed by atoms with Crippen LogP contribution >= 0.6 is 0 Å². The van der Waals surface area contributed by atoms with Crippen molar-refractivity contribution >= 4 is 6.29 Å². The Hall–Kier alpha value is -0.370. The first kappa shape index (κ1) is 8.72. The van der Waals surface area contributed by atoms with Crippen LogP contribution in [0.15, 0.2) is 0 Å². The smallest absolute Gasteiger partial charge is 0.123 e. The molecule has 0 aromatic carbocycles. The SMILES string of the molecule is CC(C=O)C1CCCCC1O. The van der Waals surface area contributed by atoms with Gasteiger partial charge in [0.1, 0.15) is 6.29 Å². The van der Waals surface area contributed by atoms with Crippen LogP contribution in [-0.2, 0) is 4.79 Å². The van der Waals surface area contributed by atoms with Gasteiger partial charge < -0.3 is 9.90 Å². The van der Waals surface area contributed by atoms with E-state index in [0.717, 1.165) is 25.5 Å². The summed E-state index contributed by atoms with van der Waals surface area (Å²) in [5.41, 5.74) is 0. The van der Waals surface area contributed by atoms with E-state index in [0.29, 0.717) is 0 Å². The average Bonchev–Trinajstić information content (AvgIpc) is 2.04. The van der Waals surface area contributed by atoms with E-state index in [2.05, 4.69) is 0 Å². The number of aldehydes is 1. The van der Waals surface area contributed by atoms with E-state index in [-0.39, 0.29) is 17.9 Å². The van der Waals surface area contributed by atoms with Crippen molar-refractivity contribution in [1.29, 1.82) is 0 Å². The summed E-state index contributed by atoms with van der Waals surface area (Å²) in [5.74, 6) is 0.256. The normalized spacial score (nSPS) is 34.7. The van der Waals surface area contributed by atoms with Crippen molar-refractivity contribution in [3.63, 3.8) is 0 Å².